The number of halogens is 1. The molecule has 1 heterocycles. The molecule has 23 heavy (non-hydrogen) atoms. The first-order valence-corrected chi connectivity index (χ1v) is 8.60. The third kappa shape index (κ3) is 5.67. The van der Waals surface area contributed by atoms with Crippen LogP contribution in [0, 0.1) is 11.3 Å². The van der Waals surface area contributed by atoms with E-state index in [0.29, 0.717) is 23.7 Å². The van der Waals surface area contributed by atoms with Gasteiger partial charge in [-0.15, -0.1) is 11.3 Å². The Morgan fingerprint density at radius 2 is 2.13 bits per heavy atom. The largest absolute Gasteiger partial charge is 0.492 e. The van der Waals surface area contributed by atoms with Crippen LogP contribution in [-0.4, -0.2) is 37.6 Å². The number of hydrogen-bond acceptors (Lipinski definition) is 5. The van der Waals surface area contributed by atoms with E-state index in [9.17, 15) is 4.79 Å². The van der Waals surface area contributed by atoms with Crippen molar-refractivity contribution in [1.29, 1.82) is 5.26 Å². The van der Waals surface area contributed by atoms with Crippen LogP contribution in [0.2, 0.25) is 0 Å². The van der Waals surface area contributed by atoms with Crippen molar-refractivity contribution in [3.8, 4) is 11.8 Å². The predicted octanol–water partition coefficient (Wildman–Crippen LogP) is 3.33. The Bertz CT molecular complexity index is 694. The van der Waals surface area contributed by atoms with Crippen molar-refractivity contribution in [2.75, 3.05) is 32.1 Å². The molecule has 120 valence electrons. The number of hydrogen-bond donors (Lipinski definition) is 1. The zero-order valence-corrected chi connectivity index (χ0v) is 15.0. The third-order valence-corrected chi connectivity index (χ3v) is 4.37. The fourth-order valence-corrected chi connectivity index (χ4v) is 2.85. The monoisotopic (exact) mass is 393 g/mol. The van der Waals surface area contributed by atoms with Crippen molar-refractivity contribution in [3.05, 3.63) is 45.7 Å². The lowest BCUT2D eigenvalue weighted by Crippen LogP contribution is -2.33. The number of rotatable bonds is 7. The first-order valence-electron chi connectivity index (χ1n) is 6.93. The zero-order valence-electron chi connectivity index (χ0n) is 12.6. The van der Waals surface area contributed by atoms with Crippen LogP contribution < -0.4 is 10.1 Å². The number of amides is 1. The van der Waals surface area contributed by atoms with Crippen molar-refractivity contribution in [2.24, 2.45) is 0 Å². The molecule has 1 aromatic carbocycles. The Hall–Kier alpha value is -1.88. The van der Waals surface area contributed by atoms with Gasteiger partial charge in [0.1, 0.15) is 23.4 Å². The fraction of sp³-hybridized carbons (Fsp3) is 0.250. The maximum Gasteiger partial charge on any atom is 0.239 e. The molecule has 7 heteroatoms. The van der Waals surface area contributed by atoms with E-state index in [1.165, 1.54) is 11.3 Å². The topological polar surface area (TPSA) is 65.4 Å². The van der Waals surface area contributed by atoms with Crippen LogP contribution in [0.25, 0.3) is 0 Å². The zero-order chi connectivity index (χ0) is 16.7. The van der Waals surface area contributed by atoms with E-state index in [0.717, 1.165) is 10.2 Å². The molecule has 0 unspecified atom stereocenters. The molecule has 0 spiro atoms. The van der Waals surface area contributed by atoms with Gasteiger partial charge in [-0.25, -0.2) is 0 Å². The summed E-state index contributed by atoms with van der Waals surface area (Å²) >= 11 is 4.72. The minimum atomic E-state index is -0.143. The van der Waals surface area contributed by atoms with E-state index < -0.39 is 0 Å². The number of likely N-dealkylation sites (N-methyl/N-ethyl adjacent to an activating group) is 1. The summed E-state index contributed by atoms with van der Waals surface area (Å²) in [4.78, 5) is 13.8. The van der Waals surface area contributed by atoms with E-state index in [-0.39, 0.29) is 12.5 Å². The second-order valence-corrected chi connectivity index (χ2v) is 6.70. The number of nitrogens with one attached hydrogen (secondary N) is 1. The highest BCUT2D eigenvalue weighted by atomic mass is 79.9. The highest BCUT2D eigenvalue weighted by Gasteiger charge is 2.10. The number of thiophene rings is 1. The van der Waals surface area contributed by atoms with Gasteiger partial charge in [0.25, 0.3) is 0 Å². The summed E-state index contributed by atoms with van der Waals surface area (Å²) in [5.74, 6) is 0.651. The quantitative estimate of drug-likeness (QED) is 0.783. The molecule has 0 saturated carbocycles. The number of carbonyl (C=O) groups excluding carboxylic acids is 1. The van der Waals surface area contributed by atoms with Gasteiger partial charge in [0, 0.05) is 11.0 Å². The maximum absolute atomic E-state index is 12.0. The SMILES string of the molecule is CN(CCOc1ccc(Br)cc1)CC(=O)Nc1sccc1C#N. The summed E-state index contributed by atoms with van der Waals surface area (Å²) in [6.45, 7) is 1.36. The molecule has 1 aromatic heterocycles. The van der Waals surface area contributed by atoms with Crippen LogP contribution in [0.3, 0.4) is 0 Å². The number of nitrogens with zero attached hydrogens (tertiary/aromatic N) is 2. The number of nitriles is 1. The average Bonchev–Trinajstić information content (AvgIpc) is 2.96. The third-order valence-electron chi connectivity index (χ3n) is 3.01. The molecule has 1 N–H and O–H groups in total. The Kier molecular flexibility index (Phi) is 6.59. The first kappa shape index (κ1) is 17.5. The van der Waals surface area contributed by atoms with Crippen LogP contribution in [0.5, 0.6) is 5.75 Å². The molecular formula is C16H16BrN3O2S. The van der Waals surface area contributed by atoms with Gasteiger partial charge in [0.2, 0.25) is 5.91 Å². The van der Waals surface area contributed by atoms with Gasteiger partial charge in [-0.2, -0.15) is 5.26 Å². The minimum absolute atomic E-state index is 0.143. The van der Waals surface area contributed by atoms with Crippen molar-refractivity contribution < 1.29 is 9.53 Å². The lowest BCUT2D eigenvalue weighted by atomic mass is 10.3. The van der Waals surface area contributed by atoms with Gasteiger partial charge in [-0.05, 0) is 42.8 Å². The van der Waals surface area contributed by atoms with Gasteiger partial charge in [-0.1, -0.05) is 15.9 Å². The van der Waals surface area contributed by atoms with Gasteiger partial charge >= 0.3 is 0 Å². The highest BCUT2D eigenvalue weighted by Crippen LogP contribution is 2.21. The van der Waals surface area contributed by atoms with E-state index in [2.05, 4.69) is 21.2 Å². The van der Waals surface area contributed by atoms with E-state index in [1.54, 1.807) is 11.4 Å². The Morgan fingerprint density at radius 1 is 1.39 bits per heavy atom. The number of benzene rings is 1. The highest BCUT2D eigenvalue weighted by molar-refractivity contribution is 9.10. The first-order chi connectivity index (χ1) is 11.1. The van der Waals surface area contributed by atoms with Crippen LogP contribution in [0.15, 0.2) is 40.2 Å². The summed E-state index contributed by atoms with van der Waals surface area (Å²) in [6.07, 6.45) is 0. The van der Waals surface area contributed by atoms with Crippen LogP contribution >= 0.6 is 27.3 Å². The van der Waals surface area contributed by atoms with Gasteiger partial charge in [-0.3, -0.25) is 9.69 Å². The molecule has 1 amide bonds. The van der Waals surface area contributed by atoms with Crippen molar-refractivity contribution in [2.45, 2.75) is 0 Å². The molecule has 0 fully saturated rings. The Morgan fingerprint density at radius 3 is 2.83 bits per heavy atom. The molecule has 0 aliphatic carbocycles. The van der Waals surface area contributed by atoms with E-state index >= 15 is 0 Å². The van der Waals surface area contributed by atoms with Gasteiger partial charge < -0.3 is 10.1 Å². The number of ether oxygens (including phenoxy) is 1. The van der Waals surface area contributed by atoms with Gasteiger partial charge in [0.05, 0.1) is 12.1 Å². The molecule has 0 saturated heterocycles. The molecule has 2 aromatic rings. The summed E-state index contributed by atoms with van der Waals surface area (Å²) in [5, 5.41) is 14.1. The summed E-state index contributed by atoms with van der Waals surface area (Å²) in [5.41, 5.74) is 0.490. The van der Waals surface area contributed by atoms with Crippen molar-refractivity contribution in [3.63, 3.8) is 0 Å². The molecule has 0 aliphatic heterocycles. The molecule has 0 bridgehead atoms. The summed E-state index contributed by atoms with van der Waals surface area (Å²) in [7, 11) is 1.85. The van der Waals surface area contributed by atoms with Crippen LogP contribution in [0.4, 0.5) is 5.00 Å². The lowest BCUT2D eigenvalue weighted by molar-refractivity contribution is -0.117. The molecule has 0 atom stereocenters. The molecule has 2 rings (SSSR count). The lowest BCUT2D eigenvalue weighted by Gasteiger charge is -2.16. The predicted molar refractivity (Wildman–Crippen MR) is 94.8 cm³/mol. The smallest absolute Gasteiger partial charge is 0.239 e. The second kappa shape index (κ2) is 8.67. The van der Waals surface area contributed by atoms with E-state index in [4.69, 9.17) is 10.00 Å². The Balaban J connectivity index is 1.72. The van der Waals surface area contributed by atoms with E-state index in [1.807, 2.05) is 42.3 Å². The normalized spacial score (nSPS) is 10.3. The molecular weight excluding hydrogens is 378 g/mol. The maximum atomic E-state index is 12.0. The van der Waals surface area contributed by atoms with Crippen LogP contribution in [-0.2, 0) is 4.79 Å². The van der Waals surface area contributed by atoms with Crippen molar-refractivity contribution >= 4 is 38.2 Å². The fourth-order valence-electron chi connectivity index (χ4n) is 1.83. The number of carbonyl (C=O) groups is 1. The molecule has 0 aliphatic rings. The standard InChI is InChI=1S/C16H16BrN3O2S/c1-20(7-8-22-14-4-2-13(17)3-5-14)11-15(21)19-16-12(10-18)6-9-23-16/h2-6,9H,7-8,11H2,1H3,(H,19,21). The van der Waals surface area contributed by atoms with Crippen molar-refractivity contribution in [1.82, 2.24) is 4.90 Å². The Labute approximate surface area is 147 Å². The molecule has 0 radical (unpaired) electrons. The van der Waals surface area contributed by atoms with Gasteiger partial charge in [0.15, 0.2) is 0 Å². The second-order valence-electron chi connectivity index (χ2n) is 4.86. The number of anilines is 1. The van der Waals surface area contributed by atoms with Crippen LogP contribution in [0.1, 0.15) is 5.56 Å². The molecule has 5 nitrogen and oxygen atoms in total. The summed E-state index contributed by atoms with van der Waals surface area (Å²) < 4.78 is 6.62. The minimum Gasteiger partial charge on any atom is -0.492 e. The summed E-state index contributed by atoms with van der Waals surface area (Å²) in [6, 6.07) is 11.3. The average molecular weight is 394 g/mol.